The summed E-state index contributed by atoms with van der Waals surface area (Å²) < 4.78 is 25.9. The minimum Gasteiger partial charge on any atom is -0.393 e. The first-order valence-electron chi connectivity index (χ1n) is 5.59. The van der Waals surface area contributed by atoms with Gasteiger partial charge in [-0.1, -0.05) is 18.3 Å². The third-order valence-corrected chi connectivity index (χ3v) is 2.64. The zero-order valence-corrected chi connectivity index (χ0v) is 11.1. The molecule has 1 rings (SSSR count). The molecule has 0 radical (unpaired) electrons. The first-order valence-corrected chi connectivity index (χ1v) is 6.00. The van der Waals surface area contributed by atoms with Gasteiger partial charge in [0.1, 0.15) is 0 Å². The lowest BCUT2D eigenvalue weighted by Crippen LogP contribution is -2.34. The van der Waals surface area contributed by atoms with Crippen molar-refractivity contribution in [3.05, 3.63) is 48.1 Å². The number of carbonyl (C=O) groups is 1. The molecule has 2 N–H and O–H groups in total. The maximum absolute atomic E-state index is 13.1. The largest absolute Gasteiger partial charge is 0.393 e. The number of amides is 1. The molecular formula is C13H14F2N2OS. The van der Waals surface area contributed by atoms with Gasteiger partial charge in [-0.25, -0.2) is 8.78 Å². The van der Waals surface area contributed by atoms with Gasteiger partial charge in [-0.2, -0.15) is 0 Å². The molecule has 0 saturated heterocycles. The second-order valence-corrected chi connectivity index (χ2v) is 4.41. The summed E-state index contributed by atoms with van der Waals surface area (Å²) in [6, 6.07) is 3.02. The topological polar surface area (TPSA) is 46.3 Å². The molecule has 0 unspecified atom stereocenters. The van der Waals surface area contributed by atoms with Crippen LogP contribution in [0.5, 0.6) is 0 Å². The van der Waals surface area contributed by atoms with E-state index in [9.17, 15) is 13.6 Å². The van der Waals surface area contributed by atoms with Gasteiger partial charge in [0.05, 0.1) is 4.99 Å². The van der Waals surface area contributed by atoms with Crippen LogP contribution in [0.3, 0.4) is 0 Å². The van der Waals surface area contributed by atoms with E-state index in [-0.39, 0.29) is 17.1 Å². The molecule has 0 heterocycles. The number of rotatable bonds is 6. The molecule has 0 bridgehead atoms. The maximum Gasteiger partial charge on any atom is 0.254 e. The van der Waals surface area contributed by atoms with Crippen molar-refractivity contribution < 1.29 is 13.6 Å². The van der Waals surface area contributed by atoms with Crippen LogP contribution in [0.25, 0.3) is 0 Å². The Bertz CT molecular complexity index is 505. The zero-order chi connectivity index (χ0) is 14.4. The van der Waals surface area contributed by atoms with Crippen molar-refractivity contribution in [3.8, 4) is 0 Å². The number of nitrogens with zero attached hydrogens (tertiary/aromatic N) is 1. The van der Waals surface area contributed by atoms with Gasteiger partial charge >= 0.3 is 0 Å². The zero-order valence-electron chi connectivity index (χ0n) is 10.2. The van der Waals surface area contributed by atoms with Gasteiger partial charge in [0.25, 0.3) is 5.91 Å². The van der Waals surface area contributed by atoms with Crippen molar-refractivity contribution in [2.24, 2.45) is 5.73 Å². The molecule has 0 aliphatic carbocycles. The molecule has 1 aromatic rings. The summed E-state index contributed by atoms with van der Waals surface area (Å²) in [7, 11) is 0. The Balaban J connectivity index is 2.88. The van der Waals surface area contributed by atoms with Crippen LogP contribution in [0.1, 0.15) is 16.8 Å². The highest BCUT2D eigenvalue weighted by Crippen LogP contribution is 2.11. The van der Waals surface area contributed by atoms with Gasteiger partial charge in [0.15, 0.2) is 11.6 Å². The molecule has 0 aliphatic heterocycles. The van der Waals surface area contributed by atoms with E-state index in [0.717, 1.165) is 12.1 Å². The Hall–Kier alpha value is -1.82. The summed E-state index contributed by atoms with van der Waals surface area (Å²) in [4.78, 5) is 13.8. The van der Waals surface area contributed by atoms with Gasteiger partial charge in [-0.15, -0.1) is 6.58 Å². The van der Waals surface area contributed by atoms with E-state index >= 15 is 0 Å². The van der Waals surface area contributed by atoms with Crippen molar-refractivity contribution in [1.29, 1.82) is 0 Å². The average molecular weight is 284 g/mol. The van der Waals surface area contributed by atoms with Crippen LogP contribution in [-0.4, -0.2) is 28.9 Å². The maximum atomic E-state index is 13.1. The number of halogens is 2. The van der Waals surface area contributed by atoms with Crippen molar-refractivity contribution in [2.45, 2.75) is 6.42 Å². The summed E-state index contributed by atoms with van der Waals surface area (Å²) in [6.45, 7) is 4.13. The van der Waals surface area contributed by atoms with E-state index in [1.807, 2.05) is 0 Å². The number of hydrogen-bond donors (Lipinski definition) is 1. The lowest BCUT2D eigenvalue weighted by Gasteiger charge is -2.21. The van der Waals surface area contributed by atoms with Crippen LogP contribution in [-0.2, 0) is 0 Å². The molecule has 19 heavy (non-hydrogen) atoms. The molecule has 0 aromatic heterocycles. The molecule has 6 heteroatoms. The fourth-order valence-electron chi connectivity index (χ4n) is 1.49. The number of thiocarbonyl (C=S) groups is 1. The fraction of sp³-hybridized carbons (Fsp3) is 0.231. The summed E-state index contributed by atoms with van der Waals surface area (Å²) in [5.74, 6) is -2.47. The lowest BCUT2D eigenvalue weighted by atomic mass is 10.2. The van der Waals surface area contributed by atoms with Crippen LogP contribution < -0.4 is 5.73 Å². The van der Waals surface area contributed by atoms with Crippen molar-refractivity contribution in [3.63, 3.8) is 0 Å². The molecule has 0 saturated carbocycles. The Morgan fingerprint density at radius 3 is 2.63 bits per heavy atom. The Kier molecular flexibility index (Phi) is 5.57. The van der Waals surface area contributed by atoms with E-state index in [1.54, 1.807) is 0 Å². The molecule has 0 aliphatic rings. The molecule has 3 nitrogen and oxygen atoms in total. The summed E-state index contributed by atoms with van der Waals surface area (Å²) >= 11 is 4.74. The smallest absolute Gasteiger partial charge is 0.254 e. The van der Waals surface area contributed by atoms with Crippen LogP contribution in [0.15, 0.2) is 30.9 Å². The normalized spacial score (nSPS) is 10.0. The monoisotopic (exact) mass is 284 g/mol. The number of carbonyl (C=O) groups excluding carboxylic acids is 1. The van der Waals surface area contributed by atoms with E-state index in [2.05, 4.69) is 6.58 Å². The van der Waals surface area contributed by atoms with Gasteiger partial charge in [0, 0.05) is 25.1 Å². The van der Waals surface area contributed by atoms with Gasteiger partial charge in [0.2, 0.25) is 0 Å². The third-order valence-electron chi connectivity index (χ3n) is 2.43. The second-order valence-electron chi connectivity index (χ2n) is 3.89. The van der Waals surface area contributed by atoms with E-state index in [0.29, 0.717) is 13.0 Å². The first-order chi connectivity index (χ1) is 8.95. The molecule has 0 fully saturated rings. The van der Waals surface area contributed by atoms with Crippen molar-refractivity contribution >= 4 is 23.1 Å². The fourth-order valence-corrected chi connectivity index (χ4v) is 1.58. The highest BCUT2D eigenvalue weighted by molar-refractivity contribution is 7.80. The van der Waals surface area contributed by atoms with Crippen LogP contribution in [0.4, 0.5) is 8.78 Å². The number of nitrogens with two attached hydrogens (primary N) is 1. The molecule has 102 valence electrons. The van der Waals surface area contributed by atoms with Gasteiger partial charge in [-0.3, -0.25) is 4.79 Å². The summed E-state index contributed by atoms with van der Waals surface area (Å²) in [6.07, 6.45) is 1.90. The van der Waals surface area contributed by atoms with E-state index in [1.165, 1.54) is 17.0 Å². The van der Waals surface area contributed by atoms with Crippen LogP contribution in [0, 0.1) is 11.6 Å². The summed E-state index contributed by atoms with van der Waals surface area (Å²) in [5, 5.41) is 0. The molecule has 0 atom stereocenters. The Morgan fingerprint density at radius 1 is 1.42 bits per heavy atom. The van der Waals surface area contributed by atoms with Gasteiger partial charge < -0.3 is 10.6 Å². The van der Waals surface area contributed by atoms with E-state index < -0.39 is 17.5 Å². The quantitative estimate of drug-likeness (QED) is 0.644. The Labute approximate surface area is 115 Å². The third kappa shape index (κ3) is 4.40. The van der Waals surface area contributed by atoms with Gasteiger partial charge in [-0.05, 0) is 18.2 Å². The predicted octanol–water partition coefficient (Wildman–Crippen LogP) is 2.27. The van der Waals surface area contributed by atoms with Crippen molar-refractivity contribution in [2.75, 3.05) is 13.1 Å². The standard InChI is InChI=1S/C13H14F2N2OS/c1-2-6-17(7-5-12(16)19)13(18)9-3-4-10(14)11(15)8-9/h2-4,8H,1,5-7H2,(H2,16,19). The average Bonchev–Trinajstić information content (AvgIpc) is 2.36. The minimum atomic E-state index is -1.06. The minimum absolute atomic E-state index is 0.0729. The SMILES string of the molecule is C=CCN(CCC(N)=S)C(=O)c1ccc(F)c(F)c1. The number of hydrogen-bond acceptors (Lipinski definition) is 2. The highest BCUT2D eigenvalue weighted by atomic mass is 32.1. The molecule has 1 aromatic carbocycles. The van der Waals surface area contributed by atoms with Crippen molar-refractivity contribution in [1.82, 2.24) is 4.90 Å². The predicted molar refractivity (Wildman–Crippen MR) is 73.9 cm³/mol. The molecule has 1 amide bonds. The lowest BCUT2D eigenvalue weighted by molar-refractivity contribution is 0.0777. The molecule has 0 spiro atoms. The summed E-state index contributed by atoms with van der Waals surface area (Å²) in [5.41, 5.74) is 5.45. The second kappa shape index (κ2) is 6.94. The Morgan fingerprint density at radius 2 is 2.11 bits per heavy atom. The highest BCUT2D eigenvalue weighted by Gasteiger charge is 2.16. The molecular weight excluding hydrogens is 270 g/mol. The number of benzene rings is 1. The van der Waals surface area contributed by atoms with Crippen LogP contribution in [0.2, 0.25) is 0 Å². The van der Waals surface area contributed by atoms with E-state index in [4.69, 9.17) is 18.0 Å². The first kappa shape index (κ1) is 15.2. The van der Waals surface area contributed by atoms with Crippen LogP contribution >= 0.6 is 12.2 Å².